The third-order valence-electron chi connectivity index (χ3n) is 12.4. The van der Waals surface area contributed by atoms with Crippen LogP contribution in [0.4, 0.5) is 0 Å². The molecule has 0 aromatic carbocycles. The van der Waals surface area contributed by atoms with E-state index in [1.54, 1.807) is 5.57 Å². The summed E-state index contributed by atoms with van der Waals surface area (Å²) in [5.74, 6) is 5.02. The molecule has 8 unspecified atom stereocenters. The highest BCUT2D eigenvalue weighted by Crippen LogP contribution is 2.67. The highest BCUT2D eigenvalue weighted by Gasteiger charge is 2.59. The van der Waals surface area contributed by atoms with E-state index in [1.807, 2.05) is 0 Å². The van der Waals surface area contributed by atoms with Crippen LogP contribution in [0.5, 0.6) is 0 Å². The normalized spacial score (nSPS) is 36.7. The Balaban J connectivity index is 1.31. The molecule has 4 N–H and O–H groups in total. The summed E-state index contributed by atoms with van der Waals surface area (Å²) < 4.78 is 2.66. The van der Waals surface area contributed by atoms with E-state index >= 15 is 0 Å². The van der Waals surface area contributed by atoms with Crippen molar-refractivity contribution in [3.63, 3.8) is 0 Å². The van der Waals surface area contributed by atoms with Gasteiger partial charge in [0, 0.05) is 12.5 Å². The van der Waals surface area contributed by atoms with Crippen molar-refractivity contribution < 1.29 is 9.59 Å². The molecule has 0 aromatic heterocycles. The number of allylic oxidation sites excluding steroid dienone is 2. The molecule has 0 aromatic rings. The van der Waals surface area contributed by atoms with Crippen LogP contribution in [-0.2, 0) is 9.59 Å². The van der Waals surface area contributed by atoms with Crippen molar-refractivity contribution in [2.75, 3.05) is 6.54 Å². The van der Waals surface area contributed by atoms with Gasteiger partial charge >= 0.3 is 0 Å². The van der Waals surface area contributed by atoms with E-state index in [9.17, 15) is 9.59 Å². The maximum absolute atomic E-state index is 13.1. The van der Waals surface area contributed by atoms with Gasteiger partial charge in [0.1, 0.15) is 0 Å². The molecule has 4 aliphatic rings. The van der Waals surface area contributed by atoms with Gasteiger partial charge < -0.3 is 11.1 Å². The summed E-state index contributed by atoms with van der Waals surface area (Å²) in [4.78, 5) is 24.4. The fraction of sp³-hybridized carbons (Fsp3) is 0.882. The van der Waals surface area contributed by atoms with Gasteiger partial charge in [-0.1, -0.05) is 78.3 Å². The van der Waals surface area contributed by atoms with Crippen LogP contribution in [0.1, 0.15) is 125 Å². The third kappa shape index (κ3) is 6.63. The highest BCUT2D eigenvalue weighted by molar-refractivity contribution is 7.78. The van der Waals surface area contributed by atoms with Crippen LogP contribution in [0.25, 0.3) is 0 Å². The highest BCUT2D eigenvalue weighted by atomic mass is 32.1. The smallest absolute Gasteiger partial charge is 0.235 e. The molecule has 3 fully saturated rings. The van der Waals surface area contributed by atoms with Crippen molar-refractivity contribution in [1.82, 2.24) is 10.0 Å². The number of hydrogen-bond donors (Lipinski definition) is 4. The van der Waals surface area contributed by atoms with Gasteiger partial charge in [0.2, 0.25) is 11.8 Å². The van der Waals surface area contributed by atoms with Gasteiger partial charge in [0.15, 0.2) is 0 Å². The van der Waals surface area contributed by atoms with Gasteiger partial charge in [-0.25, -0.2) is 0 Å². The lowest BCUT2D eigenvalue weighted by atomic mass is 9.46. The van der Waals surface area contributed by atoms with E-state index in [4.69, 9.17) is 5.73 Å². The predicted octanol–water partition coefficient (Wildman–Crippen LogP) is 7.22. The number of rotatable bonds is 13. The molecular weight excluding hydrogens is 514 g/mol. The van der Waals surface area contributed by atoms with Crippen molar-refractivity contribution in [3.05, 3.63) is 11.6 Å². The Morgan fingerprint density at radius 1 is 1.00 bits per heavy atom. The van der Waals surface area contributed by atoms with Gasteiger partial charge in [-0.2, -0.15) is 0 Å². The predicted molar refractivity (Wildman–Crippen MR) is 169 cm³/mol. The molecule has 2 amide bonds. The van der Waals surface area contributed by atoms with E-state index in [1.165, 1.54) is 51.4 Å². The minimum atomic E-state index is -0.414. The number of nitrogens with two attached hydrogens (primary N) is 1. The average molecular weight is 574 g/mol. The summed E-state index contributed by atoms with van der Waals surface area (Å²) in [6, 6.07) is -0.414. The number of thiol groups is 1. The number of hydrogen-bond acceptors (Lipinski definition) is 4. The Morgan fingerprint density at radius 2 is 1.77 bits per heavy atom. The standard InChI is InChI=1S/C34H59N3O2S/c1-22(2)9-8-10-23(3)27-14-15-28-26-13-12-25-21-24(16-18-33(25,4)29(26)17-19-34(27,28)5)32(39)36-20-7-6-11-30(37-40)31(35)38/h12,22-24,26-30,37,40H,6-11,13-21H2,1-5H3,(H2,35,38)(H,36,39)/t23?,24?,26?,27?,28?,29?,30-,33?,34?/m0/s1. The zero-order chi connectivity index (χ0) is 29.1. The Bertz CT molecular complexity index is 921. The Morgan fingerprint density at radius 3 is 2.48 bits per heavy atom. The molecule has 228 valence electrons. The molecule has 4 rings (SSSR count). The van der Waals surface area contributed by atoms with Crippen LogP contribution in [0.3, 0.4) is 0 Å². The maximum atomic E-state index is 13.1. The van der Waals surface area contributed by atoms with Crippen molar-refractivity contribution >= 4 is 24.6 Å². The van der Waals surface area contributed by atoms with E-state index in [-0.39, 0.29) is 23.1 Å². The Kier molecular flexibility index (Phi) is 10.8. The second-order valence-corrected chi connectivity index (χ2v) is 15.4. The first kappa shape index (κ1) is 31.9. The zero-order valence-electron chi connectivity index (χ0n) is 26.1. The summed E-state index contributed by atoms with van der Waals surface area (Å²) >= 11 is 3.98. The number of amides is 2. The van der Waals surface area contributed by atoms with Crippen LogP contribution in [0, 0.1) is 52.3 Å². The minimum absolute atomic E-state index is 0.102. The fourth-order valence-corrected chi connectivity index (χ4v) is 10.3. The molecular formula is C34H59N3O2S. The molecule has 0 spiro atoms. The largest absolute Gasteiger partial charge is 0.368 e. The van der Waals surface area contributed by atoms with Crippen LogP contribution in [0.15, 0.2) is 11.6 Å². The molecule has 3 saturated carbocycles. The molecule has 0 saturated heterocycles. The molecule has 0 heterocycles. The van der Waals surface area contributed by atoms with Crippen molar-refractivity contribution in [3.8, 4) is 0 Å². The topological polar surface area (TPSA) is 84.2 Å². The van der Waals surface area contributed by atoms with E-state index in [0.29, 0.717) is 18.4 Å². The SMILES string of the molecule is CC(C)CCCC(C)C1CCC2C3CC=C4CC(C(=O)NCCCC[C@H](NS)C(N)=O)CCC4(C)C3CCC12C. The van der Waals surface area contributed by atoms with E-state index in [0.717, 1.165) is 67.6 Å². The number of primary amides is 1. The van der Waals surface area contributed by atoms with Crippen LogP contribution in [-0.4, -0.2) is 24.4 Å². The number of nitrogens with one attached hydrogen (secondary N) is 2. The van der Waals surface area contributed by atoms with Crippen LogP contribution in [0.2, 0.25) is 0 Å². The lowest BCUT2D eigenvalue weighted by molar-refractivity contribution is -0.126. The Labute approximate surface area is 250 Å². The first-order valence-electron chi connectivity index (χ1n) is 16.7. The van der Waals surface area contributed by atoms with E-state index < -0.39 is 6.04 Å². The van der Waals surface area contributed by atoms with Crippen LogP contribution >= 0.6 is 12.8 Å². The minimum Gasteiger partial charge on any atom is -0.368 e. The van der Waals surface area contributed by atoms with Gasteiger partial charge in [0.05, 0.1) is 6.04 Å². The van der Waals surface area contributed by atoms with E-state index in [2.05, 4.69) is 63.5 Å². The van der Waals surface area contributed by atoms with Crippen molar-refractivity contribution in [1.29, 1.82) is 0 Å². The molecule has 6 heteroatoms. The first-order chi connectivity index (χ1) is 19.0. The quantitative estimate of drug-likeness (QED) is 0.107. The van der Waals surface area contributed by atoms with Gasteiger partial charge in [0.25, 0.3) is 0 Å². The average Bonchev–Trinajstić information content (AvgIpc) is 3.27. The molecule has 9 atom stereocenters. The van der Waals surface area contributed by atoms with Gasteiger partial charge in [-0.15, -0.1) is 0 Å². The molecule has 5 nitrogen and oxygen atoms in total. The second-order valence-electron chi connectivity index (χ2n) is 15.1. The maximum Gasteiger partial charge on any atom is 0.235 e. The summed E-state index contributed by atoms with van der Waals surface area (Å²) in [5, 5.41) is 3.19. The number of unbranched alkanes of at least 4 members (excludes halogenated alkanes) is 1. The lowest BCUT2D eigenvalue weighted by Gasteiger charge is -2.58. The summed E-state index contributed by atoms with van der Waals surface area (Å²) in [6.45, 7) is 13.2. The number of carbonyl (C=O) groups excluding carboxylic acids is 2. The molecule has 0 bridgehead atoms. The third-order valence-corrected chi connectivity index (χ3v) is 12.7. The monoisotopic (exact) mass is 573 g/mol. The first-order valence-corrected chi connectivity index (χ1v) is 17.1. The lowest BCUT2D eigenvalue weighted by Crippen LogP contribution is -2.51. The molecule has 0 aliphatic heterocycles. The summed E-state index contributed by atoms with van der Waals surface area (Å²) in [7, 11) is 0. The van der Waals surface area contributed by atoms with Crippen molar-refractivity contribution in [2.24, 2.45) is 58.0 Å². The fourth-order valence-electron chi connectivity index (χ4n) is 10.0. The molecule has 40 heavy (non-hydrogen) atoms. The second kappa shape index (κ2) is 13.5. The number of carbonyl (C=O) groups is 2. The van der Waals surface area contributed by atoms with Gasteiger partial charge in [-0.05, 0) is 117 Å². The summed E-state index contributed by atoms with van der Waals surface area (Å²) in [6.07, 6.45) is 19.1. The number of fused-ring (bicyclic) bond motifs is 5. The molecule has 4 aliphatic carbocycles. The van der Waals surface area contributed by atoms with Crippen LogP contribution < -0.4 is 15.8 Å². The zero-order valence-corrected chi connectivity index (χ0v) is 27.0. The summed E-state index contributed by atoms with van der Waals surface area (Å²) in [5.41, 5.74) is 7.76. The Hall–Kier alpha value is -1.01. The molecule has 0 radical (unpaired) electrons. The van der Waals surface area contributed by atoms with Gasteiger partial charge in [-0.3, -0.25) is 14.3 Å². The van der Waals surface area contributed by atoms with Crippen molar-refractivity contribution in [2.45, 2.75) is 131 Å².